The minimum absolute atomic E-state index is 0.0414. The van der Waals surface area contributed by atoms with Crippen molar-refractivity contribution in [2.45, 2.75) is 28.5 Å². The quantitative estimate of drug-likeness (QED) is 0.628. The predicted octanol–water partition coefficient (Wildman–Crippen LogP) is 2.95. The molecule has 3 aromatic rings. The summed E-state index contributed by atoms with van der Waals surface area (Å²) in [7, 11) is 2.32. The molecule has 1 spiro atoms. The van der Waals surface area contributed by atoms with Crippen molar-refractivity contribution < 1.29 is 18.3 Å². The SMILES string of the molecule is COc1ccc2c3c(n(C)c2c1)[C@H](CO)N(C)CC31CCN(S(=O)(=O)c2cccs2)CC1. The molecule has 172 valence electrons. The van der Waals surface area contributed by atoms with E-state index in [9.17, 15) is 13.5 Å². The summed E-state index contributed by atoms with van der Waals surface area (Å²) in [6.07, 6.45) is 1.50. The number of aliphatic hydroxyl groups is 1. The number of ether oxygens (including phenoxy) is 1. The van der Waals surface area contributed by atoms with Gasteiger partial charge in [-0.1, -0.05) is 6.07 Å². The van der Waals surface area contributed by atoms with Crippen LogP contribution in [0.15, 0.2) is 39.9 Å². The zero-order chi connectivity index (χ0) is 22.7. The van der Waals surface area contributed by atoms with Crippen molar-refractivity contribution in [3.8, 4) is 5.75 Å². The maximum Gasteiger partial charge on any atom is 0.252 e. The Morgan fingerprint density at radius 3 is 2.59 bits per heavy atom. The Kier molecular flexibility index (Phi) is 5.37. The number of methoxy groups -OCH3 is 1. The third kappa shape index (κ3) is 3.13. The molecule has 2 aliphatic rings. The summed E-state index contributed by atoms with van der Waals surface area (Å²) in [5.74, 6) is 0.801. The molecule has 32 heavy (non-hydrogen) atoms. The smallest absolute Gasteiger partial charge is 0.252 e. The van der Waals surface area contributed by atoms with Gasteiger partial charge in [0.05, 0.1) is 25.3 Å². The number of rotatable bonds is 4. The average molecular weight is 476 g/mol. The van der Waals surface area contributed by atoms with Crippen molar-refractivity contribution in [3.05, 3.63) is 47.0 Å². The molecule has 9 heteroatoms. The van der Waals surface area contributed by atoms with E-state index in [1.165, 1.54) is 22.3 Å². The maximum atomic E-state index is 13.1. The van der Waals surface area contributed by atoms with Gasteiger partial charge < -0.3 is 14.4 Å². The first-order valence-corrected chi connectivity index (χ1v) is 13.2. The van der Waals surface area contributed by atoms with E-state index in [4.69, 9.17) is 4.74 Å². The van der Waals surface area contributed by atoms with Crippen LogP contribution in [0.1, 0.15) is 30.1 Å². The Morgan fingerprint density at radius 2 is 1.97 bits per heavy atom. The number of aryl methyl sites for hydroxylation is 1. The molecule has 4 heterocycles. The molecular weight excluding hydrogens is 446 g/mol. The summed E-state index contributed by atoms with van der Waals surface area (Å²) in [5.41, 5.74) is 3.31. The zero-order valence-electron chi connectivity index (χ0n) is 18.6. The van der Waals surface area contributed by atoms with Gasteiger partial charge in [0, 0.05) is 49.2 Å². The Hall–Kier alpha value is -1.91. The number of nitrogens with zero attached hydrogens (tertiary/aromatic N) is 3. The second-order valence-corrected chi connectivity index (χ2v) is 12.0. The molecule has 0 bridgehead atoms. The van der Waals surface area contributed by atoms with Crippen molar-refractivity contribution in [2.75, 3.05) is 40.4 Å². The van der Waals surface area contributed by atoms with Crippen LogP contribution >= 0.6 is 11.3 Å². The number of fused-ring (bicyclic) bond motifs is 4. The first-order valence-electron chi connectivity index (χ1n) is 10.8. The van der Waals surface area contributed by atoms with Crippen LogP contribution in [0, 0.1) is 0 Å². The van der Waals surface area contributed by atoms with Gasteiger partial charge in [0.1, 0.15) is 9.96 Å². The van der Waals surface area contributed by atoms with Gasteiger partial charge in [0.25, 0.3) is 10.0 Å². The summed E-state index contributed by atoms with van der Waals surface area (Å²) >= 11 is 1.27. The van der Waals surface area contributed by atoms with Gasteiger partial charge >= 0.3 is 0 Å². The molecule has 0 saturated carbocycles. The number of hydrogen-bond donors (Lipinski definition) is 1. The Morgan fingerprint density at radius 1 is 1.22 bits per heavy atom. The number of piperidine rings is 1. The highest BCUT2D eigenvalue weighted by molar-refractivity contribution is 7.91. The van der Waals surface area contributed by atoms with Crippen LogP contribution in [0.2, 0.25) is 0 Å². The third-order valence-corrected chi connectivity index (χ3v) is 10.6. The highest BCUT2D eigenvalue weighted by Crippen LogP contribution is 2.50. The minimum atomic E-state index is -3.45. The summed E-state index contributed by atoms with van der Waals surface area (Å²) in [5, 5.41) is 13.2. The monoisotopic (exact) mass is 475 g/mol. The molecule has 2 aromatic heterocycles. The van der Waals surface area contributed by atoms with Gasteiger partial charge in [-0.2, -0.15) is 4.31 Å². The molecule has 2 aliphatic heterocycles. The van der Waals surface area contributed by atoms with Gasteiger partial charge in [-0.05, 0) is 49.0 Å². The van der Waals surface area contributed by atoms with Crippen LogP contribution in [0.5, 0.6) is 5.75 Å². The fraction of sp³-hybridized carbons (Fsp3) is 0.478. The molecule has 1 atom stereocenters. The van der Waals surface area contributed by atoms with Crippen LogP contribution < -0.4 is 4.74 Å². The van der Waals surface area contributed by atoms with E-state index in [0.717, 1.165) is 36.3 Å². The Bertz CT molecular complexity index is 1240. The minimum Gasteiger partial charge on any atom is -0.497 e. The number of benzene rings is 1. The molecular formula is C23H29N3O4S2. The van der Waals surface area contributed by atoms with E-state index in [2.05, 4.69) is 22.6 Å². The lowest BCUT2D eigenvalue weighted by Gasteiger charge is -2.49. The van der Waals surface area contributed by atoms with Crippen LogP contribution in [-0.2, 0) is 22.5 Å². The third-order valence-electron chi connectivity index (χ3n) is 7.32. The standard InChI is InChI=1S/C23H29N3O4S2/c1-24-15-23(8-10-26(11-9-23)32(28,29)20-5-4-12-31-20)21-17-7-6-16(30-3)13-18(17)25(2)22(21)19(24)14-27/h4-7,12-13,19,27H,8-11,14-15H2,1-3H3/t19-/m0/s1. The Balaban J connectivity index is 1.59. The van der Waals surface area contributed by atoms with E-state index in [0.29, 0.717) is 17.3 Å². The number of sulfonamides is 1. The van der Waals surface area contributed by atoms with Gasteiger partial charge in [-0.25, -0.2) is 8.42 Å². The normalized spacial score (nSPS) is 21.8. The fourth-order valence-electron chi connectivity index (χ4n) is 5.71. The molecule has 0 amide bonds. The van der Waals surface area contributed by atoms with Crippen LogP contribution in [-0.4, -0.2) is 67.7 Å². The second kappa shape index (κ2) is 7.85. The first-order chi connectivity index (χ1) is 15.3. The maximum absolute atomic E-state index is 13.1. The highest BCUT2D eigenvalue weighted by atomic mass is 32.2. The summed E-state index contributed by atoms with van der Waals surface area (Å²) in [6, 6.07) is 9.52. The van der Waals surface area contributed by atoms with Crippen molar-refractivity contribution >= 4 is 32.3 Å². The van der Waals surface area contributed by atoms with E-state index in [-0.39, 0.29) is 18.1 Å². The molecule has 0 radical (unpaired) electrons. The molecule has 1 saturated heterocycles. The highest BCUT2D eigenvalue weighted by Gasteiger charge is 2.48. The van der Waals surface area contributed by atoms with E-state index >= 15 is 0 Å². The van der Waals surface area contributed by atoms with Crippen molar-refractivity contribution in [1.82, 2.24) is 13.8 Å². The van der Waals surface area contributed by atoms with Gasteiger partial charge in [0.15, 0.2) is 0 Å². The van der Waals surface area contributed by atoms with Crippen LogP contribution in [0.25, 0.3) is 10.9 Å². The molecule has 1 aromatic carbocycles. The van der Waals surface area contributed by atoms with E-state index in [1.807, 2.05) is 19.2 Å². The number of thiophene rings is 1. The summed E-state index contributed by atoms with van der Waals surface area (Å²) < 4.78 is 35.9. The lowest BCUT2D eigenvalue weighted by molar-refractivity contribution is 0.0776. The number of aromatic nitrogens is 1. The van der Waals surface area contributed by atoms with Crippen LogP contribution in [0.4, 0.5) is 0 Å². The average Bonchev–Trinajstić information content (AvgIpc) is 3.43. The Labute approximate surface area is 192 Å². The molecule has 7 nitrogen and oxygen atoms in total. The number of aliphatic hydroxyl groups excluding tert-OH is 1. The predicted molar refractivity (Wildman–Crippen MR) is 126 cm³/mol. The van der Waals surface area contributed by atoms with Gasteiger partial charge in [-0.3, -0.25) is 4.90 Å². The molecule has 1 N–H and O–H groups in total. The van der Waals surface area contributed by atoms with Crippen molar-refractivity contribution in [2.24, 2.45) is 7.05 Å². The second-order valence-electron chi connectivity index (χ2n) is 8.93. The summed E-state index contributed by atoms with van der Waals surface area (Å²) in [6.45, 7) is 1.82. The molecule has 5 rings (SSSR count). The zero-order valence-corrected chi connectivity index (χ0v) is 20.2. The number of hydrogen-bond acceptors (Lipinski definition) is 6. The topological polar surface area (TPSA) is 75.0 Å². The van der Waals surface area contributed by atoms with Crippen molar-refractivity contribution in [3.63, 3.8) is 0 Å². The first kappa shape index (κ1) is 21.9. The van der Waals surface area contributed by atoms with E-state index < -0.39 is 10.0 Å². The molecule has 1 fully saturated rings. The molecule has 0 aliphatic carbocycles. The lowest BCUT2D eigenvalue weighted by atomic mass is 9.68. The van der Waals surface area contributed by atoms with E-state index in [1.54, 1.807) is 28.9 Å². The summed E-state index contributed by atoms with van der Waals surface area (Å²) in [4.78, 5) is 2.22. The largest absolute Gasteiger partial charge is 0.497 e. The fourth-order valence-corrected chi connectivity index (χ4v) is 8.30. The lowest BCUT2D eigenvalue weighted by Crippen LogP contribution is -2.53. The van der Waals surface area contributed by atoms with Gasteiger partial charge in [-0.15, -0.1) is 11.3 Å². The van der Waals surface area contributed by atoms with Gasteiger partial charge in [0.2, 0.25) is 0 Å². The molecule has 0 unspecified atom stereocenters. The van der Waals surface area contributed by atoms with Crippen LogP contribution in [0.3, 0.4) is 0 Å². The number of likely N-dealkylation sites (N-methyl/N-ethyl adjacent to an activating group) is 1. The van der Waals surface area contributed by atoms with Crippen molar-refractivity contribution in [1.29, 1.82) is 0 Å².